The minimum Gasteiger partial charge on any atom is -0.459 e. The topological polar surface area (TPSA) is 84.4 Å². The van der Waals surface area contributed by atoms with E-state index in [4.69, 9.17) is 21.8 Å². The van der Waals surface area contributed by atoms with Gasteiger partial charge in [0, 0.05) is 43.1 Å². The van der Waals surface area contributed by atoms with Gasteiger partial charge in [-0.2, -0.15) is 0 Å². The Morgan fingerprint density at radius 1 is 1.11 bits per heavy atom. The van der Waals surface area contributed by atoms with Gasteiger partial charge in [-0.3, -0.25) is 9.78 Å². The number of nitrogens with zero attached hydrogens (tertiary/aromatic N) is 2. The lowest BCUT2D eigenvalue weighted by Gasteiger charge is -2.33. The van der Waals surface area contributed by atoms with Gasteiger partial charge in [0.1, 0.15) is 11.3 Å². The summed E-state index contributed by atoms with van der Waals surface area (Å²) >= 11 is 6.54. The van der Waals surface area contributed by atoms with Crippen LogP contribution in [0.1, 0.15) is 24.3 Å². The van der Waals surface area contributed by atoms with Gasteiger partial charge in [0.15, 0.2) is 0 Å². The number of carbonyl (C=O) groups excluding carboxylic acids is 1. The van der Waals surface area contributed by atoms with Crippen molar-refractivity contribution in [2.75, 3.05) is 23.7 Å². The fraction of sp³-hybridized carbons (Fsp3) is 0.214. The molecule has 1 fully saturated rings. The van der Waals surface area contributed by atoms with Crippen molar-refractivity contribution in [3.8, 4) is 11.1 Å². The number of alkyl halides is 2. The minimum absolute atomic E-state index is 0.127. The highest BCUT2D eigenvalue weighted by atomic mass is 35.5. The maximum Gasteiger partial charge on any atom is 0.251 e. The van der Waals surface area contributed by atoms with Gasteiger partial charge in [-0.25, -0.2) is 8.78 Å². The Hall–Kier alpha value is -3.91. The van der Waals surface area contributed by atoms with Crippen LogP contribution in [0.5, 0.6) is 0 Å². The Morgan fingerprint density at radius 3 is 2.57 bits per heavy atom. The highest BCUT2D eigenvalue weighted by molar-refractivity contribution is 6.35. The van der Waals surface area contributed by atoms with Gasteiger partial charge in [0.05, 0.1) is 29.1 Å². The van der Waals surface area contributed by atoms with E-state index in [0.29, 0.717) is 40.8 Å². The number of hydrogen-bond acceptors (Lipinski definition) is 5. The number of furan rings is 1. The van der Waals surface area contributed by atoms with Crippen LogP contribution in [0.15, 0.2) is 71.3 Å². The highest BCUT2D eigenvalue weighted by Gasteiger charge is 2.34. The number of anilines is 2. The molecule has 1 amide bonds. The smallest absolute Gasteiger partial charge is 0.251 e. The molecular weight excluding hydrogens is 498 g/mol. The predicted molar refractivity (Wildman–Crippen MR) is 143 cm³/mol. The summed E-state index contributed by atoms with van der Waals surface area (Å²) in [5.74, 6) is -2.29. The van der Waals surface area contributed by atoms with E-state index in [-0.39, 0.29) is 25.3 Å². The van der Waals surface area contributed by atoms with E-state index < -0.39 is 5.92 Å². The summed E-state index contributed by atoms with van der Waals surface area (Å²) < 4.78 is 32.9. The molecule has 0 saturated carbocycles. The lowest BCUT2D eigenvalue weighted by Crippen LogP contribution is -2.39. The Morgan fingerprint density at radius 2 is 1.86 bits per heavy atom. The molecule has 2 aromatic carbocycles. The van der Waals surface area contributed by atoms with Crippen molar-refractivity contribution in [3.63, 3.8) is 0 Å². The summed E-state index contributed by atoms with van der Waals surface area (Å²) in [4.78, 5) is 18.3. The fourth-order valence-corrected chi connectivity index (χ4v) is 4.53. The molecule has 6 nitrogen and oxygen atoms in total. The van der Waals surface area contributed by atoms with Crippen LogP contribution in [0, 0.1) is 0 Å². The summed E-state index contributed by atoms with van der Waals surface area (Å²) in [6.45, 7) is 0.871. The van der Waals surface area contributed by atoms with Crippen molar-refractivity contribution < 1.29 is 18.0 Å². The third-order valence-electron chi connectivity index (χ3n) is 6.35. The molecular formula is C28H25ClF2N4O2. The second kappa shape index (κ2) is 10.2. The van der Waals surface area contributed by atoms with Gasteiger partial charge in [0.2, 0.25) is 5.91 Å². The number of benzene rings is 2. The largest absolute Gasteiger partial charge is 0.459 e. The zero-order chi connectivity index (χ0) is 26.0. The zero-order valence-corrected chi connectivity index (χ0v) is 20.6. The number of nitrogens with two attached hydrogens (primary N) is 1. The summed E-state index contributed by atoms with van der Waals surface area (Å²) in [6, 6.07) is 16.8. The van der Waals surface area contributed by atoms with Gasteiger partial charge in [-0.05, 0) is 59.7 Å². The Kier molecular flexibility index (Phi) is 6.84. The number of rotatable bonds is 6. The number of hydrogen-bond donors (Lipinski definition) is 2. The quantitative estimate of drug-likeness (QED) is 0.290. The van der Waals surface area contributed by atoms with Crippen LogP contribution < -0.4 is 16.0 Å². The molecule has 0 aliphatic carbocycles. The summed E-state index contributed by atoms with van der Waals surface area (Å²) in [5, 5.41) is 4.07. The lowest BCUT2D eigenvalue weighted by atomic mass is 10.0. The predicted octanol–water partition coefficient (Wildman–Crippen LogP) is 6.30. The van der Waals surface area contributed by atoms with E-state index in [2.05, 4.69) is 10.3 Å². The second-order valence-electron chi connectivity index (χ2n) is 9.04. The van der Waals surface area contributed by atoms with Crippen LogP contribution in [0.3, 0.4) is 0 Å². The maximum atomic E-state index is 13.5. The van der Waals surface area contributed by atoms with E-state index >= 15 is 0 Å². The molecule has 0 radical (unpaired) electrons. The van der Waals surface area contributed by atoms with Gasteiger partial charge < -0.3 is 20.4 Å². The summed E-state index contributed by atoms with van der Waals surface area (Å²) in [5.41, 5.74) is 10.1. The van der Waals surface area contributed by atoms with Crippen molar-refractivity contribution in [1.82, 2.24) is 10.3 Å². The number of nitrogens with one attached hydrogen (secondary N) is 1. The second-order valence-corrected chi connectivity index (χ2v) is 9.45. The van der Waals surface area contributed by atoms with Crippen LogP contribution in [0.4, 0.5) is 20.2 Å². The molecule has 5 rings (SSSR count). The number of piperidine rings is 1. The van der Waals surface area contributed by atoms with Crippen LogP contribution in [0.2, 0.25) is 5.02 Å². The van der Waals surface area contributed by atoms with Crippen molar-refractivity contribution in [2.24, 2.45) is 0 Å². The van der Waals surface area contributed by atoms with Crippen molar-refractivity contribution in [3.05, 3.63) is 83.3 Å². The number of halogens is 3. The number of amides is 1. The van der Waals surface area contributed by atoms with Crippen molar-refractivity contribution >= 4 is 45.9 Å². The first kappa shape index (κ1) is 24.8. The van der Waals surface area contributed by atoms with Gasteiger partial charge in [0.25, 0.3) is 5.92 Å². The van der Waals surface area contributed by atoms with E-state index in [1.54, 1.807) is 18.2 Å². The van der Waals surface area contributed by atoms with Gasteiger partial charge in [-0.15, -0.1) is 0 Å². The first-order valence-corrected chi connectivity index (χ1v) is 12.3. The molecule has 190 valence electrons. The van der Waals surface area contributed by atoms with Crippen molar-refractivity contribution in [2.45, 2.75) is 25.3 Å². The molecule has 2 aromatic heterocycles. The Bertz CT molecular complexity index is 1440. The summed E-state index contributed by atoms with van der Waals surface area (Å²) in [6.07, 6.45) is 4.27. The third-order valence-corrected chi connectivity index (χ3v) is 6.66. The highest BCUT2D eigenvalue weighted by Crippen LogP contribution is 2.35. The van der Waals surface area contributed by atoms with Crippen LogP contribution >= 0.6 is 11.6 Å². The number of pyridine rings is 1. The molecule has 3 N–H and O–H groups in total. The normalized spacial score (nSPS) is 15.4. The molecule has 0 spiro atoms. The van der Waals surface area contributed by atoms with Gasteiger partial charge in [-0.1, -0.05) is 23.7 Å². The summed E-state index contributed by atoms with van der Waals surface area (Å²) in [7, 11) is 0. The average Bonchev–Trinajstić information content (AvgIpc) is 3.31. The number of fused-ring (bicyclic) bond motifs is 1. The Balaban J connectivity index is 1.25. The third kappa shape index (κ3) is 5.91. The number of nitrogen functional groups attached to an aromatic ring is 1. The molecule has 3 heterocycles. The average molecular weight is 523 g/mol. The molecule has 1 saturated heterocycles. The first-order valence-electron chi connectivity index (χ1n) is 11.9. The van der Waals surface area contributed by atoms with E-state index in [9.17, 15) is 13.6 Å². The minimum atomic E-state index is -2.57. The van der Waals surface area contributed by atoms with E-state index in [0.717, 1.165) is 22.2 Å². The Labute approximate surface area is 217 Å². The van der Waals surface area contributed by atoms with Crippen molar-refractivity contribution in [1.29, 1.82) is 0 Å². The zero-order valence-electron chi connectivity index (χ0n) is 19.9. The van der Waals surface area contributed by atoms with Crippen LogP contribution in [0.25, 0.3) is 28.2 Å². The molecule has 0 bridgehead atoms. The SMILES string of the molecule is Nc1ccc(C=CC(=O)NCc2cc3c(Cl)cc(-c4ccc(N5CCC(F)(F)CC5)cc4)cc3o2)nc1. The molecule has 1 aliphatic heterocycles. The van der Waals surface area contributed by atoms with Gasteiger partial charge >= 0.3 is 0 Å². The standard InChI is InChI=1S/C28H25ClF2N4O2/c29-25-13-19(18-1-6-22(7-2-18)35-11-9-28(30,31)10-12-35)14-26-24(25)15-23(37-26)17-34-27(36)8-5-21-4-3-20(32)16-33-21/h1-8,13-16H,9-12,17,32H2,(H,34,36). The molecule has 4 aromatic rings. The maximum absolute atomic E-state index is 13.5. The number of carbonyl (C=O) groups is 1. The molecule has 1 aliphatic rings. The first-order chi connectivity index (χ1) is 17.8. The molecule has 0 unspecified atom stereocenters. The molecule has 37 heavy (non-hydrogen) atoms. The van der Waals surface area contributed by atoms with E-state index in [1.165, 1.54) is 12.3 Å². The fourth-order valence-electron chi connectivity index (χ4n) is 4.27. The monoisotopic (exact) mass is 522 g/mol. The molecule has 0 atom stereocenters. The van der Waals surface area contributed by atoms with Crippen LogP contribution in [-0.4, -0.2) is 29.9 Å². The van der Waals surface area contributed by atoms with Crippen LogP contribution in [-0.2, 0) is 11.3 Å². The van der Waals surface area contributed by atoms with E-state index in [1.807, 2.05) is 47.4 Å². The molecule has 9 heteroatoms. The lowest BCUT2D eigenvalue weighted by molar-refractivity contribution is -0.116. The number of aromatic nitrogens is 1.